The van der Waals surface area contributed by atoms with Gasteiger partial charge in [0.15, 0.2) is 0 Å². The van der Waals surface area contributed by atoms with Crippen molar-refractivity contribution in [1.29, 1.82) is 0 Å². The number of carbonyl (C=O) groups excluding carboxylic acids is 1. The number of rotatable bonds is 6. The lowest BCUT2D eigenvalue weighted by molar-refractivity contribution is 0.102. The van der Waals surface area contributed by atoms with Gasteiger partial charge in [-0.3, -0.25) is 4.79 Å². The fourth-order valence-electron chi connectivity index (χ4n) is 3.17. The summed E-state index contributed by atoms with van der Waals surface area (Å²) in [7, 11) is -0.707. The molecule has 156 valence electrons. The van der Waals surface area contributed by atoms with E-state index in [-0.39, 0.29) is 10.8 Å². The maximum atomic E-state index is 13.1. The van der Waals surface area contributed by atoms with Crippen molar-refractivity contribution in [3.05, 3.63) is 53.6 Å². The first-order valence-corrected chi connectivity index (χ1v) is 11.1. The molecule has 1 fully saturated rings. The number of nitrogens with zero attached hydrogens (tertiary/aromatic N) is 2. The van der Waals surface area contributed by atoms with E-state index in [4.69, 9.17) is 4.74 Å². The lowest BCUT2D eigenvalue weighted by Gasteiger charge is -2.30. The van der Waals surface area contributed by atoms with Gasteiger partial charge in [0.2, 0.25) is 10.0 Å². The Morgan fingerprint density at radius 3 is 2.34 bits per heavy atom. The largest absolute Gasteiger partial charge is 0.378 e. The normalized spacial score (nSPS) is 14.8. The van der Waals surface area contributed by atoms with Crippen molar-refractivity contribution in [3.63, 3.8) is 0 Å². The standard InChI is InChI=1S/C21H27N3O4S/c1-4-16-5-7-17(8-6-16)22-21(25)19-15-18(29(26,27)23(2)3)9-10-20(19)24-11-13-28-14-12-24/h5-10,15H,4,11-14H2,1-3H3,(H,22,25). The molecular formula is C21H27N3O4S. The Hall–Kier alpha value is -2.42. The molecule has 0 radical (unpaired) electrons. The molecule has 1 heterocycles. The van der Waals surface area contributed by atoms with Gasteiger partial charge in [-0.2, -0.15) is 0 Å². The summed E-state index contributed by atoms with van der Waals surface area (Å²) < 4.78 is 31.7. The summed E-state index contributed by atoms with van der Waals surface area (Å²) in [6.07, 6.45) is 0.917. The molecule has 1 amide bonds. The number of nitrogens with one attached hydrogen (secondary N) is 1. The molecule has 0 saturated carbocycles. The Labute approximate surface area is 172 Å². The molecule has 0 spiro atoms. The third-order valence-electron chi connectivity index (χ3n) is 4.96. The Bertz CT molecular complexity index is 966. The minimum Gasteiger partial charge on any atom is -0.378 e. The van der Waals surface area contributed by atoms with Crippen LogP contribution in [0.2, 0.25) is 0 Å². The fraction of sp³-hybridized carbons (Fsp3) is 0.381. The van der Waals surface area contributed by atoms with E-state index in [1.165, 1.54) is 25.7 Å². The highest BCUT2D eigenvalue weighted by Gasteiger charge is 2.24. The summed E-state index contributed by atoms with van der Waals surface area (Å²) in [5.41, 5.74) is 2.88. The summed E-state index contributed by atoms with van der Waals surface area (Å²) in [6.45, 7) is 4.49. The van der Waals surface area contributed by atoms with Gasteiger partial charge in [-0.25, -0.2) is 12.7 Å². The number of hydrogen-bond acceptors (Lipinski definition) is 5. The average molecular weight is 418 g/mol. The highest BCUT2D eigenvalue weighted by atomic mass is 32.2. The maximum absolute atomic E-state index is 13.1. The molecule has 1 aliphatic heterocycles. The van der Waals surface area contributed by atoms with Gasteiger partial charge in [0.05, 0.1) is 23.7 Å². The molecule has 3 rings (SSSR count). The molecule has 2 aromatic rings. The molecule has 2 aromatic carbocycles. The fourth-order valence-corrected chi connectivity index (χ4v) is 4.10. The summed E-state index contributed by atoms with van der Waals surface area (Å²) in [4.78, 5) is 15.2. The molecule has 0 aliphatic carbocycles. The van der Waals surface area contributed by atoms with Crippen LogP contribution in [0.4, 0.5) is 11.4 Å². The zero-order valence-corrected chi connectivity index (χ0v) is 17.8. The zero-order valence-electron chi connectivity index (χ0n) is 17.0. The number of ether oxygens (including phenoxy) is 1. The van der Waals surface area contributed by atoms with Crippen LogP contribution in [0.1, 0.15) is 22.8 Å². The second kappa shape index (κ2) is 8.94. The highest BCUT2D eigenvalue weighted by molar-refractivity contribution is 7.89. The molecule has 0 bridgehead atoms. The van der Waals surface area contributed by atoms with Gasteiger partial charge in [0, 0.05) is 38.6 Å². The van der Waals surface area contributed by atoms with E-state index < -0.39 is 10.0 Å². The van der Waals surface area contributed by atoms with Crippen LogP contribution in [0.3, 0.4) is 0 Å². The predicted molar refractivity (Wildman–Crippen MR) is 114 cm³/mol. The van der Waals surface area contributed by atoms with E-state index in [0.29, 0.717) is 43.2 Å². The predicted octanol–water partition coefficient (Wildman–Crippen LogP) is 2.59. The molecule has 7 nitrogen and oxygen atoms in total. The van der Waals surface area contributed by atoms with Crippen molar-refractivity contribution in [1.82, 2.24) is 4.31 Å². The van der Waals surface area contributed by atoms with Crippen LogP contribution in [0.5, 0.6) is 0 Å². The molecule has 0 atom stereocenters. The number of anilines is 2. The van der Waals surface area contributed by atoms with E-state index in [9.17, 15) is 13.2 Å². The Balaban J connectivity index is 1.98. The van der Waals surface area contributed by atoms with Gasteiger partial charge in [0.25, 0.3) is 5.91 Å². The molecule has 1 N–H and O–H groups in total. The summed E-state index contributed by atoms with van der Waals surface area (Å²) in [6, 6.07) is 12.3. The van der Waals surface area contributed by atoms with Crippen LogP contribution in [0.25, 0.3) is 0 Å². The third kappa shape index (κ3) is 4.77. The number of benzene rings is 2. The number of morpholine rings is 1. The van der Waals surface area contributed by atoms with Gasteiger partial charge in [-0.05, 0) is 42.3 Å². The first-order chi connectivity index (χ1) is 13.8. The average Bonchev–Trinajstić information content (AvgIpc) is 2.74. The van der Waals surface area contributed by atoms with Crippen LogP contribution in [-0.4, -0.2) is 59.0 Å². The van der Waals surface area contributed by atoms with Crippen molar-refractivity contribution in [3.8, 4) is 0 Å². The van der Waals surface area contributed by atoms with Crippen LogP contribution in [0, 0.1) is 0 Å². The summed E-state index contributed by atoms with van der Waals surface area (Å²) in [5, 5.41) is 2.89. The molecule has 0 unspecified atom stereocenters. The number of sulfonamides is 1. The maximum Gasteiger partial charge on any atom is 0.257 e. The molecule has 29 heavy (non-hydrogen) atoms. The van der Waals surface area contributed by atoms with Crippen molar-refractivity contribution in [2.75, 3.05) is 50.6 Å². The van der Waals surface area contributed by atoms with Gasteiger partial charge >= 0.3 is 0 Å². The van der Waals surface area contributed by atoms with Gasteiger partial charge in [-0.1, -0.05) is 19.1 Å². The molecule has 1 aliphatic rings. The lowest BCUT2D eigenvalue weighted by atomic mass is 10.1. The number of amides is 1. The van der Waals surface area contributed by atoms with Crippen LogP contribution >= 0.6 is 0 Å². The number of hydrogen-bond donors (Lipinski definition) is 1. The van der Waals surface area contributed by atoms with Gasteiger partial charge in [0.1, 0.15) is 0 Å². The number of aryl methyl sites for hydroxylation is 1. The van der Waals surface area contributed by atoms with Crippen molar-refractivity contribution < 1.29 is 17.9 Å². The van der Waals surface area contributed by atoms with E-state index in [1.807, 2.05) is 29.2 Å². The van der Waals surface area contributed by atoms with Crippen LogP contribution in [0.15, 0.2) is 47.4 Å². The first-order valence-electron chi connectivity index (χ1n) is 9.62. The van der Waals surface area contributed by atoms with Crippen molar-refractivity contribution >= 4 is 27.3 Å². The summed E-state index contributed by atoms with van der Waals surface area (Å²) >= 11 is 0. The molecular weight excluding hydrogens is 390 g/mol. The molecule has 8 heteroatoms. The van der Waals surface area contributed by atoms with Crippen LogP contribution < -0.4 is 10.2 Å². The highest BCUT2D eigenvalue weighted by Crippen LogP contribution is 2.27. The van der Waals surface area contributed by atoms with Crippen LogP contribution in [-0.2, 0) is 21.2 Å². The Morgan fingerprint density at radius 1 is 1.10 bits per heavy atom. The van der Waals surface area contributed by atoms with Crippen molar-refractivity contribution in [2.24, 2.45) is 0 Å². The SMILES string of the molecule is CCc1ccc(NC(=O)c2cc(S(=O)(=O)N(C)C)ccc2N2CCOCC2)cc1. The smallest absolute Gasteiger partial charge is 0.257 e. The van der Waals surface area contributed by atoms with Gasteiger partial charge < -0.3 is 15.0 Å². The minimum atomic E-state index is -3.65. The van der Waals surface area contributed by atoms with Crippen molar-refractivity contribution in [2.45, 2.75) is 18.2 Å². The van der Waals surface area contributed by atoms with E-state index in [0.717, 1.165) is 10.7 Å². The Kier molecular flexibility index (Phi) is 6.56. The van der Waals surface area contributed by atoms with E-state index >= 15 is 0 Å². The molecule has 0 aromatic heterocycles. The zero-order chi connectivity index (χ0) is 21.0. The second-order valence-electron chi connectivity index (χ2n) is 7.07. The van der Waals surface area contributed by atoms with E-state index in [2.05, 4.69) is 12.2 Å². The molecule has 1 saturated heterocycles. The number of carbonyl (C=O) groups is 1. The second-order valence-corrected chi connectivity index (χ2v) is 9.22. The first kappa shape index (κ1) is 21.3. The summed E-state index contributed by atoms with van der Waals surface area (Å²) in [5.74, 6) is -0.341. The topological polar surface area (TPSA) is 79.0 Å². The quantitative estimate of drug-likeness (QED) is 0.782. The lowest BCUT2D eigenvalue weighted by Crippen LogP contribution is -2.37. The minimum absolute atomic E-state index is 0.0889. The third-order valence-corrected chi connectivity index (χ3v) is 6.77. The van der Waals surface area contributed by atoms with Gasteiger partial charge in [-0.15, -0.1) is 0 Å². The van der Waals surface area contributed by atoms with E-state index in [1.54, 1.807) is 12.1 Å². The Morgan fingerprint density at radius 2 is 1.76 bits per heavy atom. The monoisotopic (exact) mass is 417 g/mol.